The van der Waals surface area contributed by atoms with Gasteiger partial charge in [0.05, 0.1) is 39.0 Å². The molecule has 0 saturated heterocycles. The number of nitrogens with one attached hydrogen (secondary N) is 2. The monoisotopic (exact) mass is 569 g/mol. The molecule has 8 nitrogen and oxygen atoms in total. The van der Waals surface area contributed by atoms with Crippen molar-refractivity contribution in [3.63, 3.8) is 0 Å². The molecule has 3 aromatic rings. The lowest BCUT2D eigenvalue weighted by molar-refractivity contribution is -0.137. The lowest BCUT2D eigenvalue weighted by Gasteiger charge is -2.25. The van der Waals surface area contributed by atoms with E-state index >= 15 is 0 Å². The normalized spacial score (nSPS) is 11.6. The number of hydrogen-bond donors (Lipinski definition) is 2. The number of halogens is 4. The van der Waals surface area contributed by atoms with Crippen LogP contribution in [-0.4, -0.2) is 47.0 Å². The zero-order valence-electron chi connectivity index (χ0n) is 20.0. The van der Waals surface area contributed by atoms with E-state index in [4.69, 9.17) is 16.3 Å². The molecule has 2 N–H and O–H groups in total. The molecule has 38 heavy (non-hydrogen) atoms. The maximum atomic E-state index is 13.5. The van der Waals surface area contributed by atoms with Crippen molar-refractivity contribution >= 4 is 44.8 Å². The molecule has 0 heterocycles. The Morgan fingerprint density at radius 3 is 2.32 bits per heavy atom. The van der Waals surface area contributed by atoms with E-state index in [2.05, 4.69) is 10.6 Å². The number of sulfonamides is 1. The van der Waals surface area contributed by atoms with Crippen LogP contribution in [0.1, 0.15) is 15.9 Å². The van der Waals surface area contributed by atoms with E-state index in [1.165, 1.54) is 43.5 Å². The summed E-state index contributed by atoms with van der Waals surface area (Å²) >= 11 is 5.71. The van der Waals surface area contributed by atoms with Gasteiger partial charge in [0.1, 0.15) is 6.54 Å². The predicted molar refractivity (Wildman–Crippen MR) is 137 cm³/mol. The maximum Gasteiger partial charge on any atom is 0.417 e. The molecular weight excluding hydrogens is 547 g/mol. The quantitative estimate of drug-likeness (QED) is 0.348. The molecule has 0 bridgehead atoms. The molecule has 0 radical (unpaired) electrons. The molecule has 0 unspecified atom stereocenters. The van der Waals surface area contributed by atoms with Crippen LogP contribution in [0.2, 0.25) is 5.02 Å². The third-order valence-electron chi connectivity index (χ3n) is 5.20. The van der Waals surface area contributed by atoms with E-state index in [-0.39, 0.29) is 29.3 Å². The Morgan fingerprint density at radius 2 is 1.66 bits per heavy atom. The highest BCUT2D eigenvalue weighted by atomic mass is 35.5. The van der Waals surface area contributed by atoms with Crippen molar-refractivity contribution < 1.29 is 35.9 Å². The number of ether oxygens (including phenoxy) is 1. The first-order chi connectivity index (χ1) is 17.9. The van der Waals surface area contributed by atoms with Crippen molar-refractivity contribution in [2.75, 3.05) is 36.4 Å². The van der Waals surface area contributed by atoms with Crippen molar-refractivity contribution in [1.29, 1.82) is 0 Å². The summed E-state index contributed by atoms with van der Waals surface area (Å²) in [5.74, 6) is -1.41. The molecule has 0 atom stereocenters. The zero-order valence-corrected chi connectivity index (χ0v) is 21.5. The summed E-state index contributed by atoms with van der Waals surface area (Å²) in [6, 6.07) is 15.5. The van der Waals surface area contributed by atoms with Gasteiger partial charge in [0.25, 0.3) is 15.9 Å². The average Bonchev–Trinajstić information content (AvgIpc) is 2.88. The summed E-state index contributed by atoms with van der Waals surface area (Å²) in [7, 11) is -3.02. The van der Waals surface area contributed by atoms with Crippen LogP contribution in [-0.2, 0) is 25.7 Å². The number of rotatable bonds is 10. The van der Waals surface area contributed by atoms with Gasteiger partial charge in [-0.3, -0.25) is 13.9 Å². The van der Waals surface area contributed by atoms with Gasteiger partial charge in [-0.2, -0.15) is 13.2 Å². The largest absolute Gasteiger partial charge is 0.417 e. The fraction of sp³-hybridized carbons (Fsp3) is 0.200. The van der Waals surface area contributed by atoms with Crippen LogP contribution in [0.5, 0.6) is 0 Å². The second-order valence-corrected chi connectivity index (χ2v) is 10.1. The highest BCUT2D eigenvalue weighted by Crippen LogP contribution is 2.38. The van der Waals surface area contributed by atoms with Crippen LogP contribution in [0.15, 0.2) is 77.7 Å². The van der Waals surface area contributed by atoms with Gasteiger partial charge in [0.2, 0.25) is 5.91 Å². The molecule has 0 aliphatic rings. The Bertz CT molecular complexity index is 1400. The molecule has 0 aliphatic heterocycles. The van der Waals surface area contributed by atoms with Crippen molar-refractivity contribution in [3.05, 3.63) is 88.9 Å². The number of benzene rings is 3. The summed E-state index contributed by atoms with van der Waals surface area (Å²) in [6.45, 7) is -0.428. The van der Waals surface area contributed by atoms with E-state index in [0.29, 0.717) is 10.4 Å². The van der Waals surface area contributed by atoms with Crippen LogP contribution >= 0.6 is 11.6 Å². The molecule has 202 valence electrons. The number of alkyl halides is 3. The molecular formula is C25H23ClF3N3O5S. The van der Waals surface area contributed by atoms with Gasteiger partial charge in [-0.25, -0.2) is 8.42 Å². The van der Waals surface area contributed by atoms with E-state index in [1.54, 1.807) is 18.2 Å². The Balaban J connectivity index is 1.97. The van der Waals surface area contributed by atoms with Crippen molar-refractivity contribution in [3.8, 4) is 0 Å². The zero-order chi connectivity index (χ0) is 27.9. The fourth-order valence-corrected chi connectivity index (χ4v) is 5.05. The molecule has 3 aromatic carbocycles. The highest BCUT2D eigenvalue weighted by Gasteiger charge is 2.35. The SMILES string of the molecule is COCCNC(=O)c1ccccc1NC(=O)CN(c1ccc(Cl)c(C(F)(F)F)c1)S(=O)(=O)c1ccccc1. The summed E-state index contributed by atoms with van der Waals surface area (Å²) in [6.07, 6.45) is -4.87. The molecule has 0 spiro atoms. The molecule has 0 aromatic heterocycles. The Hall–Kier alpha value is -3.61. The van der Waals surface area contributed by atoms with Crippen LogP contribution in [0, 0.1) is 0 Å². The Labute approximate surface area is 222 Å². The standard InChI is InChI=1S/C25H23ClF3N3O5S/c1-37-14-13-30-24(34)19-9-5-6-10-22(19)31-23(33)16-32(38(35,36)18-7-3-2-4-8-18)17-11-12-21(26)20(15-17)25(27,28)29/h2-12,15H,13-14,16H2,1H3,(H,30,34)(H,31,33). The molecule has 2 amide bonds. The van der Waals surface area contributed by atoms with Crippen molar-refractivity contribution in [1.82, 2.24) is 5.32 Å². The van der Waals surface area contributed by atoms with Gasteiger partial charge in [-0.1, -0.05) is 41.9 Å². The first-order valence-electron chi connectivity index (χ1n) is 11.1. The smallest absolute Gasteiger partial charge is 0.383 e. The minimum absolute atomic E-state index is 0.0802. The van der Waals surface area contributed by atoms with Gasteiger partial charge in [-0.15, -0.1) is 0 Å². The van der Waals surface area contributed by atoms with E-state index in [9.17, 15) is 31.2 Å². The summed E-state index contributed by atoms with van der Waals surface area (Å²) in [5.41, 5.74) is -1.51. The summed E-state index contributed by atoms with van der Waals surface area (Å²) in [5, 5.41) is 4.46. The number of para-hydroxylation sites is 1. The number of hydrogen-bond acceptors (Lipinski definition) is 5. The topological polar surface area (TPSA) is 105 Å². The molecule has 3 rings (SSSR count). The third kappa shape index (κ3) is 7.03. The molecule has 0 aliphatic carbocycles. The first kappa shape index (κ1) is 29.0. The Morgan fingerprint density at radius 1 is 1.00 bits per heavy atom. The van der Waals surface area contributed by atoms with Crippen molar-refractivity contribution in [2.24, 2.45) is 0 Å². The molecule has 0 fully saturated rings. The summed E-state index contributed by atoms with van der Waals surface area (Å²) in [4.78, 5) is 25.3. The van der Waals surface area contributed by atoms with E-state index < -0.39 is 50.8 Å². The minimum atomic E-state index is -4.87. The number of anilines is 2. The number of carbonyl (C=O) groups excluding carboxylic acids is 2. The fourth-order valence-electron chi connectivity index (χ4n) is 3.39. The van der Waals surface area contributed by atoms with Gasteiger partial charge >= 0.3 is 6.18 Å². The van der Waals surface area contributed by atoms with Gasteiger partial charge in [0, 0.05) is 13.7 Å². The second kappa shape index (κ2) is 12.3. The maximum absolute atomic E-state index is 13.5. The summed E-state index contributed by atoms with van der Waals surface area (Å²) < 4.78 is 72.9. The predicted octanol–water partition coefficient (Wildman–Crippen LogP) is 4.57. The molecule has 0 saturated carbocycles. The van der Waals surface area contributed by atoms with E-state index in [1.807, 2.05) is 0 Å². The van der Waals surface area contributed by atoms with Crippen LogP contribution in [0.4, 0.5) is 24.5 Å². The number of carbonyl (C=O) groups is 2. The molecule has 13 heteroatoms. The number of methoxy groups -OCH3 is 1. The van der Waals surface area contributed by atoms with E-state index in [0.717, 1.165) is 12.1 Å². The second-order valence-electron chi connectivity index (χ2n) is 7.83. The van der Waals surface area contributed by atoms with Crippen LogP contribution in [0.25, 0.3) is 0 Å². The van der Waals surface area contributed by atoms with Gasteiger partial charge < -0.3 is 15.4 Å². The lowest BCUT2D eigenvalue weighted by Crippen LogP contribution is -2.38. The number of amides is 2. The number of nitrogens with zero attached hydrogens (tertiary/aromatic N) is 1. The Kier molecular flexibility index (Phi) is 9.36. The van der Waals surface area contributed by atoms with Crippen molar-refractivity contribution in [2.45, 2.75) is 11.1 Å². The lowest BCUT2D eigenvalue weighted by atomic mass is 10.1. The first-order valence-corrected chi connectivity index (χ1v) is 12.9. The highest BCUT2D eigenvalue weighted by molar-refractivity contribution is 7.92. The average molecular weight is 570 g/mol. The van der Waals surface area contributed by atoms with Gasteiger partial charge in [0.15, 0.2) is 0 Å². The van der Waals surface area contributed by atoms with Gasteiger partial charge in [-0.05, 0) is 42.5 Å². The third-order valence-corrected chi connectivity index (χ3v) is 7.32. The minimum Gasteiger partial charge on any atom is -0.383 e. The van der Waals surface area contributed by atoms with Crippen LogP contribution < -0.4 is 14.9 Å². The van der Waals surface area contributed by atoms with Crippen LogP contribution in [0.3, 0.4) is 0 Å².